The molecule has 4 saturated carbocycles. The van der Waals surface area contributed by atoms with Gasteiger partial charge in [0.25, 0.3) is 0 Å². The van der Waals surface area contributed by atoms with E-state index in [4.69, 9.17) is 0 Å². The minimum absolute atomic E-state index is 0.677. The molecule has 0 aromatic heterocycles. The molecule has 0 aromatic carbocycles. The molecule has 0 radical (unpaired) electrons. The first-order valence-electron chi connectivity index (χ1n) is 12.9. The Labute approximate surface area is 170 Å². The van der Waals surface area contributed by atoms with Crippen LogP contribution in [0, 0.1) is 52.3 Å². The third kappa shape index (κ3) is 3.44. The molecule has 4 fully saturated rings. The molecule has 0 aliphatic heterocycles. The molecule has 27 heavy (non-hydrogen) atoms. The molecule has 0 heteroatoms. The van der Waals surface area contributed by atoms with E-state index in [1.54, 1.807) is 51.4 Å². The van der Waals surface area contributed by atoms with Crippen LogP contribution in [-0.2, 0) is 0 Å². The summed E-state index contributed by atoms with van der Waals surface area (Å²) in [6, 6.07) is 0. The van der Waals surface area contributed by atoms with Crippen molar-refractivity contribution >= 4 is 0 Å². The summed E-state index contributed by atoms with van der Waals surface area (Å²) in [5, 5.41) is 0. The summed E-state index contributed by atoms with van der Waals surface area (Å²) in [6.45, 7) is 12.9. The van der Waals surface area contributed by atoms with Gasteiger partial charge in [-0.2, -0.15) is 0 Å². The van der Waals surface area contributed by atoms with Crippen LogP contribution in [0.1, 0.15) is 118 Å². The van der Waals surface area contributed by atoms with Crippen LogP contribution in [-0.4, -0.2) is 0 Å². The summed E-state index contributed by atoms with van der Waals surface area (Å²) in [5.41, 5.74) is 1.39. The first-order valence-corrected chi connectivity index (χ1v) is 12.9. The number of fused-ring (bicyclic) bond motifs is 5. The van der Waals surface area contributed by atoms with Gasteiger partial charge in [-0.25, -0.2) is 0 Å². The second-order valence-corrected chi connectivity index (χ2v) is 12.4. The molecule has 0 aromatic rings. The van der Waals surface area contributed by atoms with Crippen molar-refractivity contribution in [3.8, 4) is 0 Å². The standard InChI is InChI=1S/C27H48/c1-19(2)9-8-10-20(3)23-14-15-24-22-13-12-21-11-6-7-17-26(21,4)25(22)16-18-27(23,24)5/h19-25H,6-18H2,1-5H3/t20-,21+,22?,23+,24?,25?,26-,27+/m0/s1. The molecule has 0 N–H and O–H groups in total. The Morgan fingerprint density at radius 2 is 1.52 bits per heavy atom. The van der Waals surface area contributed by atoms with Crippen molar-refractivity contribution in [2.24, 2.45) is 52.3 Å². The molecule has 4 aliphatic carbocycles. The Balaban J connectivity index is 1.46. The summed E-state index contributed by atoms with van der Waals surface area (Å²) in [5.74, 6) is 7.15. The second kappa shape index (κ2) is 7.68. The van der Waals surface area contributed by atoms with E-state index in [0.717, 1.165) is 41.4 Å². The van der Waals surface area contributed by atoms with Crippen LogP contribution in [0.2, 0.25) is 0 Å². The van der Waals surface area contributed by atoms with Crippen molar-refractivity contribution in [3.05, 3.63) is 0 Å². The third-order valence-electron chi connectivity index (χ3n) is 10.8. The smallest absolute Gasteiger partial charge is 0.0264 e. The highest BCUT2D eigenvalue weighted by molar-refractivity contribution is 5.09. The lowest BCUT2D eigenvalue weighted by molar-refractivity contribution is -0.114. The third-order valence-corrected chi connectivity index (χ3v) is 10.8. The monoisotopic (exact) mass is 372 g/mol. The predicted molar refractivity (Wildman–Crippen MR) is 118 cm³/mol. The summed E-state index contributed by atoms with van der Waals surface area (Å²) in [6.07, 6.45) is 19.9. The van der Waals surface area contributed by atoms with Crippen LogP contribution in [0.15, 0.2) is 0 Å². The van der Waals surface area contributed by atoms with E-state index in [1.165, 1.54) is 32.1 Å². The van der Waals surface area contributed by atoms with Gasteiger partial charge in [-0.15, -0.1) is 0 Å². The maximum absolute atomic E-state index is 2.75. The lowest BCUT2D eigenvalue weighted by Gasteiger charge is -2.61. The van der Waals surface area contributed by atoms with Crippen molar-refractivity contribution in [1.82, 2.24) is 0 Å². The van der Waals surface area contributed by atoms with Gasteiger partial charge in [-0.3, -0.25) is 0 Å². The van der Waals surface area contributed by atoms with Crippen LogP contribution in [0.4, 0.5) is 0 Å². The van der Waals surface area contributed by atoms with E-state index >= 15 is 0 Å². The Kier molecular flexibility index (Phi) is 5.77. The van der Waals surface area contributed by atoms with Crippen molar-refractivity contribution in [2.75, 3.05) is 0 Å². The number of rotatable bonds is 5. The minimum Gasteiger partial charge on any atom is -0.0628 e. The summed E-state index contributed by atoms with van der Waals surface area (Å²) in [4.78, 5) is 0. The number of hydrogen-bond donors (Lipinski definition) is 0. The van der Waals surface area contributed by atoms with Crippen molar-refractivity contribution < 1.29 is 0 Å². The van der Waals surface area contributed by atoms with E-state index in [0.29, 0.717) is 10.8 Å². The second-order valence-electron chi connectivity index (χ2n) is 12.4. The highest BCUT2D eigenvalue weighted by atomic mass is 14.6. The van der Waals surface area contributed by atoms with Crippen LogP contribution >= 0.6 is 0 Å². The van der Waals surface area contributed by atoms with E-state index in [1.807, 2.05) is 0 Å². The molecule has 8 atom stereocenters. The normalized spacial score (nSPS) is 48.0. The van der Waals surface area contributed by atoms with Crippen LogP contribution in [0.5, 0.6) is 0 Å². The van der Waals surface area contributed by atoms with Gasteiger partial charge in [0, 0.05) is 0 Å². The van der Waals surface area contributed by atoms with Gasteiger partial charge in [0.05, 0.1) is 0 Å². The van der Waals surface area contributed by atoms with Crippen LogP contribution in [0.25, 0.3) is 0 Å². The molecular formula is C27H48. The van der Waals surface area contributed by atoms with Gasteiger partial charge < -0.3 is 0 Å². The highest BCUT2D eigenvalue weighted by Gasteiger charge is 2.59. The van der Waals surface area contributed by atoms with Crippen LogP contribution in [0.3, 0.4) is 0 Å². The predicted octanol–water partition coefficient (Wildman–Crippen LogP) is 8.50. The van der Waals surface area contributed by atoms with Crippen molar-refractivity contribution in [1.29, 1.82) is 0 Å². The van der Waals surface area contributed by atoms with E-state index in [9.17, 15) is 0 Å². The molecule has 0 bridgehead atoms. The Morgan fingerprint density at radius 1 is 0.741 bits per heavy atom. The zero-order valence-corrected chi connectivity index (χ0v) is 19.2. The molecule has 0 spiro atoms. The minimum atomic E-state index is 0.677. The molecule has 156 valence electrons. The lowest BCUT2D eigenvalue weighted by atomic mass is 9.44. The Bertz CT molecular complexity index is 506. The maximum atomic E-state index is 2.75. The largest absolute Gasteiger partial charge is 0.0628 e. The highest BCUT2D eigenvalue weighted by Crippen LogP contribution is 2.68. The van der Waals surface area contributed by atoms with Crippen molar-refractivity contribution in [2.45, 2.75) is 118 Å². The number of hydrogen-bond acceptors (Lipinski definition) is 0. The molecule has 0 heterocycles. The maximum Gasteiger partial charge on any atom is -0.0264 e. The quantitative estimate of drug-likeness (QED) is 0.453. The molecule has 0 saturated heterocycles. The van der Waals surface area contributed by atoms with Gasteiger partial charge >= 0.3 is 0 Å². The molecule has 3 unspecified atom stereocenters. The van der Waals surface area contributed by atoms with Gasteiger partial charge in [0.2, 0.25) is 0 Å². The molecule has 4 aliphatic rings. The Hall–Kier alpha value is 0. The van der Waals surface area contributed by atoms with Gasteiger partial charge in [-0.1, -0.05) is 66.7 Å². The zero-order valence-electron chi connectivity index (χ0n) is 19.2. The molecule has 0 nitrogen and oxygen atoms in total. The van der Waals surface area contributed by atoms with Crippen molar-refractivity contribution in [3.63, 3.8) is 0 Å². The van der Waals surface area contributed by atoms with E-state index < -0.39 is 0 Å². The summed E-state index contributed by atoms with van der Waals surface area (Å²) in [7, 11) is 0. The average molecular weight is 373 g/mol. The molecule has 4 rings (SSSR count). The fourth-order valence-corrected chi connectivity index (χ4v) is 9.32. The van der Waals surface area contributed by atoms with Gasteiger partial charge in [0.1, 0.15) is 0 Å². The molecular weight excluding hydrogens is 324 g/mol. The average Bonchev–Trinajstić information content (AvgIpc) is 2.98. The lowest BCUT2D eigenvalue weighted by Crippen LogP contribution is -2.53. The fraction of sp³-hybridized carbons (Fsp3) is 1.00. The Morgan fingerprint density at radius 3 is 2.30 bits per heavy atom. The van der Waals surface area contributed by atoms with Gasteiger partial charge in [0.15, 0.2) is 0 Å². The first kappa shape index (κ1) is 20.3. The first-order chi connectivity index (χ1) is 12.9. The van der Waals surface area contributed by atoms with E-state index in [2.05, 4.69) is 34.6 Å². The van der Waals surface area contributed by atoms with Crippen LogP contribution < -0.4 is 0 Å². The SMILES string of the molecule is CC(C)CCC[C@H](C)[C@H]1CCC2C3CC[C@H]4CCCC[C@]4(C)C3CC[C@@]21C. The topological polar surface area (TPSA) is 0 Å². The summed E-state index contributed by atoms with van der Waals surface area (Å²) >= 11 is 0. The molecule has 0 amide bonds. The summed E-state index contributed by atoms with van der Waals surface area (Å²) < 4.78 is 0. The fourth-order valence-electron chi connectivity index (χ4n) is 9.32. The zero-order chi connectivity index (χ0) is 19.2. The van der Waals surface area contributed by atoms with E-state index in [-0.39, 0.29) is 0 Å². The van der Waals surface area contributed by atoms with Gasteiger partial charge in [-0.05, 0) is 104 Å².